The SMILES string of the molecule is CCOC(=O)NC(CC1CCC1)C(=O)OC. The number of amides is 1. The van der Waals surface area contributed by atoms with Crippen molar-refractivity contribution in [2.75, 3.05) is 13.7 Å². The molecule has 16 heavy (non-hydrogen) atoms. The molecule has 1 atom stereocenters. The molecule has 0 saturated heterocycles. The molecule has 0 heterocycles. The number of ether oxygens (including phenoxy) is 2. The molecule has 1 N–H and O–H groups in total. The van der Waals surface area contributed by atoms with E-state index >= 15 is 0 Å². The molecule has 0 aromatic rings. The maximum Gasteiger partial charge on any atom is 0.407 e. The van der Waals surface area contributed by atoms with E-state index in [2.05, 4.69) is 10.1 Å². The van der Waals surface area contributed by atoms with Gasteiger partial charge in [0.25, 0.3) is 0 Å². The number of nitrogens with one attached hydrogen (secondary N) is 1. The Morgan fingerprint density at radius 1 is 1.44 bits per heavy atom. The van der Waals surface area contributed by atoms with Crippen LogP contribution in [0.4, 0.5) is 4.79 Å². The first-order valence-electron chi connectivity index (χ1n) is 5.68. The first kappa shape index (κ1) is 12.8. The summed E-state index contributed by atoms with van der Waals surface area (Å²) in [7, 11) is 1.32. The maximum atomic E-state index is 11.4. The summed E-state index contributed by atoms with van der Waals surface area (Å²) in [4.78, 5) is 22.7. The summed E-state index contributed by atoms with van der Waals surface area (Å²) in [6.45, 7) is 2.02. The molecule has 92 valence electrons. The van der Waals surface area contributed by atoms with E-state index in [0.717, 1.165) is 12.8 Å². The van der Waals surface area contributed by atoms with Crippen LogP contribution >= 0.6 is 0 Å². The van der Waals surface area contributed by atoms with Gasteiger partial charge in [-0.15, -0.1) is 0 Å². The van der Waals surface area contributed by atoms with Crippen LogP contribution in [-0.2, 0) is 14.3 Å². The average molecular weight is 229 g/mol. The molecule has 1 unspecified atom stereocenters. The first-order chi connectivity index (χ1) is 7.67. The smallest absolute Gasteiger partial charge is 0.407 e. The van der Waals surface area contributed by atoms with E-state index < -0.39 is 18.1 Å². The van der Waals surface area contributed by atoms with Gasteiger partial charge in [-0.3, -0.25) is 0 Å². The Morgan fingerprint density at radius 2 is 2.12 bits per heavy atom. The highest BCUT2D eigenvalue weighted by Crippen LogP contribution is 2.30. The normalized spacial score (nSPS) is 17.1. The van der Waals surface area contributed by atoms with Crippen LogP contribution in [0.1, 0.15) is 32.6 Å². The Labute approximate surface area is 95.5 Å². The van der Waals surface area contributed by atoms with Crippen molar-refractivity contribution < 1.29 is 19.1 Å². The molecule has 0 aromatic carbocycles. The Morgan fingerprint density at radius 3 is 2.56 bits per heavy atom. The molecular formula is C11H19NO4. The number of rotatable bonds is 5. The van der Waals surface area contributed by atoms with Crippen LogP contribution in [0, 0.1) is 5.92 Å². The molecule has 1 aliphatic carbocycles. The van der Waals surface area contributed by atoms with Crippen molar-refractivity contribution in [3.05, 3.63) is 0 Å². The van der Waals surface area contributed by atoms with E-state index in [4.69, 9.17) is 4.74 Å². The lowest BCUT2D eigenvalue weighted by Crippen LogP contribution is -2.43. The third kappa shape index (κ3) is 3.72. The summed E-state index contributed by atoms with van der Waals surface area (Å²) in [5, 5.41) is 2.53. The minimum atomic E-state index is -0.575. The van der Waals surface area contributed by atoms with Crippen LogP contribution in [0.5, 0.6) is 0 Å². The van der Waals surface area contributed by atoms with Crippen LogP contribution in [0.2, 0.25) is 0 Å². The summed E-state index contributed by atoms with van der Waals surface area (Å²) < 4.78 is 9.39. The van der Waals surface area contributed by atoms with Gasteiger partial charge in [-0.2, -0.15) is 0 Å². The van der Waals surface area contributed by atoms with E-state index in [9.17, 15) is 9.59 Å². The fourth-order valence-electron chi connectivity index (χ4n) is 1.73. The third-order valence-electron chi connectivity index (χ3n) is 2.85. The van der Waals surface area contributed by atoms with Gasteiger partial charge in [0, 0.05) is 0 Å². The summed E-state index contributed by atoms with van der Waals surface area (Å²) in [5.41, 5.74) is 0. The number of carbonyl (C=O) groups is 2. The number of methoxy groups -OCH3 is 1. The zero-order chi connectivity index (χ0) is 12.0. The summed E-state index contributed by atoms with van der Waals surface area (Å²) in [6, 6.07) is -0.575. The monoisotopic (exact) mass is 229 g/mol. The molecule has 0 aromatic heterocycles. The van der Waals surface area contributed by atoms with Gasteiger partial charge in [0.05, 0.1) is 13.7 Å². The minimum Gasteiger partial charge on any atom is -0.467 e. The zero-order valence-electron chi connectivity index (χ0n) is 9.82. The lowest BCUT2D eigenvalue weighted by atomic mass is 9.81. The van der Waals surface area contributed by atoms with Crippen molar-refractivity contribution in [2.45, 2.75) is 38.6 Å². The van der Waals surface area contributed by atoms with Gasteiger partial charge < -0.3 is 14.8 Å². The Balaban J connectivity index is 2.42. The topological polar surface area (TPSA) is 64.6 Å². The fourth-order valence-corrected chi connectivity index (χ4v) is 1.73. The van der Waals surface area contributed by atoms with Crippen LogP contribution in [-0.4, -0.2) is 31.8 Å². The molecule has 0 bridgehead atoms. The molecular weight excluding hydrogens is 210 g/mol. The summed E-state index contributed by atoms with van der Waals surface area (Å²) in [5.74, 6) is 0.117. The van der Waals surface area contributed by atoms with Gasteiger partial charge in [0.1, 0.15) is 6.04 Å². The predicted molar refractivity (Wildman–Crippen MR) is 57.9 cm³/mol. The average Bonchev–Trinajstić information content (AvgIpc) is 2.20. The van der Waals surface area contributed by atoms with Crippen molar-refractivity contribution in [2.24, 2.45) is 5.92 Å². The molecule has 1 aliphatic rings. The number of alkyl carbamates (subject to hydrolysis) is 1. The van der Waals surface area contributed by atoms with Gasteiger partial charge in [0.2, 0.25) is 0 Å². The quantitative estimate of drug-likeness (QED) is 0.725. The maximum absolute atomic E-state index is 11.4. The van der Waals surface area contributed by atoms with Crippen molar-refractivity contribution >= 4 is 12.1 Å². The van der Waals surface area contributed by atoms with E-state index in [0.29, 0.717) is 18.9 Å². The Hall–Kier alpha value is -1.26. The van der Waals surface area contributed by atoms with Crippen molar-refractivity contribution in [3.8, 4) is 0 Å². The molecule has 0 radical (unpaired) electrons. The highest BCUT2D eigenvalue weighted by atomic mass is 16.6. The largest absolute Gasteiger partial charge is 0.467 e. The highest BCUT2D eigenvalue weighted by molar-refractivity contribution is 5.81. The van der Waals surface area contributed by atoms with Crippen LogP contribution in [0.15, 0.2) is 0 Å². The molecule has 1 fully saturated rings. The van der Waals surface area contributed by atoms with E-state index in [1.807, 2.05) is 0 Å². The lowest BCUT2D eigenvalue weighted by Gasteiger charge is -2.28. The van der Waals surface area contributed by atoms with Gasteiger partial charge in [-0.1, -0.05) is 19.3 Å². The molecule has 1 rings (SSSR count). The van der Waals surface area contributed by atoms with Crippen LogP contribution in [0.3, 0.4) is 0 Å². The summed E-state index contributed by atoms with van der Waals surface area (Å²) in [6.07, 6.45) is 3.54. The lowest BCUT2D eigenvalue weighted by molar-refractivity contribution is -0.143. The second-order valence-electron chi connectivity index (χ2n) is 3.97. The van der Waals surface area contributed by atoms with Gasteiger partial charge in [-0.25, -0.2) is 9.59 Å². The molecule has 1 amide bonds. The number of carbonyl (C=O) groups excluding carboxylic acids is 2. The standard InChI is InChI=1S/C11H19NO4/c1-3-16-11(14)12-9(10(13)15-2)7-8-5-4-6-8/h8-9H,3-7H2,1-2H3,(H,12,14). The van der Waals surface area contributed by atoms with Crippen molar-refractivity contribution in [3.63, 3.8) is 0 Å². The minimum absolute atomic E-state index is 0.295. The van der Waals surface area contributed by atoms with E-state index in [-0.39, 0.29) is 0 Å². The Kier molecular flexibility index (Phi) is 5.08. The van der Waals surface area contributed by atoms with E-state index in [1.165, 1.54) is 13.5 Å². The fraction of sp³-hybridized carbons (Fsp3) is 0.818. The summed E-state index contributed by atoms with van der Waals surface area (Å²) >= 11 is 0. The van der Waals surface area contributed by atoms with Gasteiger partial charge in [-0.05, 0) is 19.3 Å². The second kappa shape index (κ2) is 6.35. The molecule has 0 aliphatic heterocycles. The highest BCUT2D eigenvalue weighted by Gasteiger charge is 2.28. The molecule has 1 saturated carbocycles. The van der Waals surface area contributed by atoms with E-state index in [1.54, 1.807) is 6.92 Å². The van der Waals surface area contributed by atoms with Crippen LogP contribution in [0.25, 0.3) is 0 Å². The third-order valence-corrected chi connectivity index (χ3v) is 2.85. The van der Waals surface area contributed by atoms with Gasteiger partial charge >= 0.3 is 12.1 Å². The molecule has 0 spiro atoms. The number of esters is 1. The predicted octanol–water partition coefficient (Wildman–Crippen LogP) is 1.46. The number of hydrogen-bond donors (Lipinski definition) is 1. The second-order valence-corrected chi connectivity index (χ2v) is 3.97. The Bertz CT molecular complexity index is 250. The van der Waals surface area contributed by atoms with Crippen molar-refractivity contribution in [1.82, 2.24) is 5.32 Å². The van der Waals surface area contributed by atoms with Crippen LogP contribution < -0.4 is 5.32 Å². The zero-order valence-corrected chi connectivity index (χ0v) is 9.82. The van der Waals surface area contributed by atoms with Gasteiger partial charge in [0.15, 0.2) is 0 Å². The first-order valence-corrected chi connectivity index (χ1v) is 5.68. The molecule has 5 heteroatoms. The molecule has 5 nitrogen and oxygen atoms in total. The number of hydrogen-bond acceptors (Lipinski definition) is 4. The van der Waals surface area contributed by atoms with Crippen molar-refractivity contribution in [1.29, 1.82) is 0 Å².